The molecule has 1 aliphatic rings. The molecule has 1 fully saturated rings. The first kappa shape index (κ1) is 16.3. The van der Waals surface area contributed by atoms with E-state index in [9.17, 15) is 13.2 Å². The Balaban J connectivity index is 1.93. The van der Waals surface area contributed by atoms with Gasteiger partial charge in [-0.2, -0.15) is 13.2 Å². The standard InChI is InChI=1S/C14H18BF3O3/c1-12(2)13(3,4)21-15(20-12)19-9-10-5-7-11(8-6-10)14(16,17)18/h5-8H,9H2,1-4H3. The Labute approximate surface area is 122 Å². The van der Waals surface area contributed by atoms with Crippen molar-refractivity contribution in [2.45, 2.75) is 51.7 Å². The van der Waals surface area contributed by atoms with Gasteiger partial charge in [0.1, 0.15) is 0 Å². The summed E-state index contributed by atoms with van der Waals surface area (Å²) in [4.78, 5) is 0. The third kappa shape index (κ3) is 3.59. The minimum absolute atomic E-state index is 0.120. The molecule has 21 heavy (non-hydrogen) atoms. The van der Waals surface area contributed by atoms with E-state index >= 15 is 0 Å². The fourth-order valence-electron chi connectivity index (χ4n) is 1.81. The number of hydrogen-bond acceptors (Lipinski definition) is 3. The molecular weight excluding hydrogens is 284 g/mol. The SMILES string of the molecule is CC1(C)OB(OCc2ccc(C(F)(F)F)cc2)OC1(C)C. The molecule has 116 valence electrons. The molecule has 0 unspecified atom stereocenters. The second-order valence-electron chi connectivity index (χ2n) is 6.05. The van der Waals surface area contributed by atoms with Gasteiger partial charge in [0, 0.05) is 0 Å². The monoisotopic (exact) mass is 302 g/mol. The molecule has 0 saturated carbocycles. The van der Waals surface area contributed by atoms with Crippen molar-refractivity contribution in [2.75, 3.05) is 0 Å². The number of alkyl halides is 3. The molecule has 0 N–H and O–H groups in total. The van der Waals surface area contributed by atoms with E-state index in [4.69, 9.17) is 14.0 Å². The van der Waals surface area contributed by atoms with Crippen LogP contribution in [0.25, 0.3) is 0 Å². The van der Waals surface area contributed by atoms with Crippen molar-refractivity contribution in [3.8, 4) is 0 Å². The summed E-state index contributed by atoms with van der Waals surface area (Å²) in [5.41, 5.74) is -1.06. The lowest BCUT2D eigenvalue weighted by Crippen LogP contribution is -2.41. The Morgan fingerprint density at radius 1 is 1.00 bits per heavy atom. The van der Waals surface area contributed by atoms with Gasteiger partial charge < -0.3 is 14.0 Å². The van der Waals surface area contributed by atoms with E-state index < -0.39 is 30.3 Å². The van der Waals surface area contributed by atoms with Gasteiger partial charge in [-0.3, -0.25) is 0 Å². The van der Waals surface area contributed by atoms with Gasteiger partial charge in [-0.25, -0.2) is 0 Å². The molecule has 1 aliphatic heterocycles. The second-order valence-corrected chi connectivity index (χ2v) is 6.05. The Morgan fingerprint density at radius 3 is 1.90 bits per heavy atom. The summed E-state index contributed by atoms with van der Waals surface area (Å²) in [6, 6.07) is 4.83. The molecule has 7 heteroatoms. The van der Waals surface area contributed by atoms with Crippen LogP contribution < -0.4 is 0 Å². The Hall–Kier alpha value is -1.05. The van der Waals surface area contributed by atoms with Crippen molar-refractivity contribution in [3.05, 3.63) is 35.4 Å². The van der Waals surface area contributed by atoms with Crippen molar-refractivity contribution >= 4 is 7.32 Å². The molecule has 0 atom stereocenters. The number of rotatable bonds is 3. The van der Waals surface area contributed by atoms with E-state index in [1.54, 1.807) is 0 Å². The van der Waals surface area contributed by atoms with Gasteiger partial charge in [0.15, 0.2) is 0 Å². The lowest BCUT2D eigenvalue weighted by Gasteiger charge is -2.31. The van der Waals surface area contributed by atoms with Crippen LogP contribution in [0, 0.1) is 0 Å². The van der Waals surface area contributed by atoms with Crippen molar-refractivity contribution in [3.63, 3.8) is 0 Å². The average molecular weight is 302 g/mol. The maximum atomic E-state index is 12.5. The third-order valence-electron chi connectivity index (χ3n) is 3.90. The highest BCUT2D eigenvalue weighted by Crippen LogP contribution is 2.37. The lowest BCUT2D eigenvalue weighted by molar-refractivity contribution is -0.137. The first-order valence-electron chi connectivity index (χ1n) is 6.65. The molecule has 1 saturated heterocycles. The molecule has 1 aromatic rings. The van der Waals surface area contributed by atoms with Crippen LogP contribution in [-0.4, -0.2) is 18.5 Å². The van der Waals surface area contributed by atoms with Crippen molar-refractivity contribution < 1.29 is 27.1 Å². The third-order valence-corrected chi connectivity index (χ3v) is 3.90. The summed E-state index contributed by atoms with van der Waals surface area (Å²) >= 11 is 0. The molecule has 0 aliphatic carbocycles. The van der Waals surface area contributed by atoms with Crippen LogP contribution in [0.3, 0.4) is 0 Å². The lowest BCUT2D eigenvalue weighted by atomic mass is 9.90. The first-order chi connectivity index (χ1) is 9.51. The molecule has 0 radical (unpaired) electrons. The quantitative estimate of drug-likeness (QED) is 0.795. The predicted molar refractivity (Wildman–Crippen MR) is 72.3 cm³/mol. The molecular formula is C14H18BF3O3. The van der Waals surface area contributed by atoms with Crippen molar-refractivity contribution in [1.29, 1.82) is 0 Å². The number of hydrogen-bond donors (Lipinski definition) is 0. The van der Waals surface area contributed by atoms with Crippen LogP contribution in [-0.2, 0) is 26.7 Å². The van der Waals surface area contributed by atoms with E-state index in [-0.39, 0.29) is 6.61 Å². The van der Waals surface area contributed by atoms with Crippen LogP contribution in [0.2, 0.25) is 0 Å². The zero-order chi connectivity index (χ0) is 15.9. The Morgan fingerprint density at radius 2 is 1.48 bits per heavy atom. The smallest absolute Gasteiger partial charge is 0.382 e. The molecule has 3 nitrogen and oxygen atoms in total. The van der Waals surface area contributed by atoms with E-state index in [0.29, 0.717) is 5.56 Å². The Kier molecular flexibility index (Phi) is 4.12. The maximum Gasteiger partial charge on any atom is 0.640 e. The average Bonchev–Trinajstić information content (AvgIpc) is 2.55. The van der Waals surface area contributed by atoms with E-state index in [1.807, 2.05) is 27.7 Å². The fourth-order valence-corrected chi connectivity index (χ4v) is 1.81. The van der Waals surface area contributed by atoms with Gasteiger partial charge in [-0.05, 0) is 45.4 Å². The number of halogens is 3. The van der Waals surface area contributed by atoms with Gasteiger partial charge in [0.25, 0.3) is 0 Å². The van der Waals surface area contributed by atoms with Gasteiger partial charge in [0.2, 0.25) is 0 Å². The minimum Gasteiger partial charge on any atom is -0.382 e. The predicted octanol–water partition coefficient (Wildman–Crippen LogP) is 3.81. The van der Waals surface area contributed by atoms with Gasteiger partial charge in [-0.15, -0.1) is 0 Å². The van der Waals surface area contributed by atoms with Crippen LogP contribution in [0.4, 0.5) is 13.2 Å². The summed E-state index contributed by atoms with van der Waals surface area (Å²) < 4.78 is 54.1. The van der Waals surface area contributed by atoms with Crippen LogP contribution in [0.15, 0.2) is 24.3 Å². The van der Waals surface area contributed by atoms with Crippen LogP contribution in [0.5, 0.6) is 0 Å². The zero-order valence-corrected chi connectivity index (χ0v) is 12.5. The largest absolute Gasteiger partial charge is 0.640 e. The summed E-state index contributed by atoms with van der Waals surface area (Å²) in [6.07, 6.45) is -4.33. The fraction of sp³-hybridized carbons (Fsp3) is 0.571. The van der Waals surface area contributed by atoms with Gasteiger partial charge in [-0.1, -0.05) is 12.1 Å². The summed E-state index contributed by atoms with van der Waals surface area (Å²) in [5.74, 6) is 0. The van der Waals surface area contributed by atoms with E-state index in [1.165, 1.54) is 12.1 Å². The molecule has 1 aromatic carbocycles. The van der Waals surface area contributed by atoms with Gasteiger partial charge in [0.05, 0.1) is 23.4 Å². The minimum atomic E-state index is -4.33. The molecule has 0 bridgehead atoms. The highest BCUT2D eigenvalue weighted by molar-refractivity contribution is 6.37. The topological polar surface area (TPSA) is 27.7 Å². The van der Waals surface area contributed by atoms with Crippen LogP contribution in [0.1, 0.15) is 38.8 Å². The molecule has 1 heterocycles. The maximum absolute atomic E-state index is 12.5. The summed E-state index contributed by atoms with van der Waals surface area (Å²) in [6.45, 7) is 7.71. The normalized spacial score (nSPS) is 20.8. The van der Waals surface area contributed by atoms with Gasteiger partial charge >= 0.3 is 13.5 Å². The molecule has 0 amide bonds. The highest BCUT2D eigenvalue weighted by Gasteiger charge is 2.52. The summed E-state index contributed by atoms with van der Waals surface area (Å²) in [5, 5.41) is 0. The van der Waals surface area contributed by atoms with E-state index in [0.717, 1.165) is 12.1 Å². The second kappa shape index (κ2) is 5.30. The van der Waals surface area contributed by atoms with Crippen LogP contribution >= 0.6 is 0 Å². The van der Waals surface area contributed by atoms with E-state index in [2.05, 4.69) is 0 Å². The molecule has 0 aromatic heterocycles. The first-order valence-corrected chi connectivity index (χ1v) is 6.65. The number of benzene rings is 1. The van der Waals surface area contributed by atoms with Crippen molar-refractivity contribution in [1.82, 2.24) is 0 Å². The Bertz CT molecular complexity index is 481. The highest BCUT2D eigenvalue weighted by atomic mass is 19.4. The molecule has 0 spiro atoms. The zero-order valence-electron chi connectivity index (χ0n) is 12.5. The summed E-state index contributed by atoms with van der Waals surface area (Å²) in [7, 11) is -0.822. The molecule has 2 rings (SSSR count). The van der Waals surface area contributed by atoms with Crippen molar-refractivity contribution in [2.24, 2.45) is 0 Å².